The lowest BCUT2D eigenvalue weighted by Gasteiger charge is -2.20. The standard InChI is InChI=1S/C33H24N4O5S/c1-20(43-33-36-29(18-24-10-7-17-42-24)31(39)37(33)23-8-3-2-4-9-23)30(38)34-22-15-13-21(14-16-22)28-19-26(32(40)41)25-11-5-6-12-27(25)35-28/h2-20H,1H3,(H,34,38)(H,40,41)/b29-18-. The van der Waals surface area contributed by atoms with E-state index >= 15 is 0 Å². The number of carboxylic acids is 1. The Morgan fingerprint density at radius 1 is 0.977 bits per heavy atom. The van der Waals surface area contributed by atoms with Crippen LogP contribution in [-0.2, 0) is 9.59 Å². The van der Waals surface area contributed by atoms with Gasteiger partial charge in [0.15, 0.2) is 5.17 Å². The van der Waals surface area contributed by atoms with Crippen molar-refractivity contribution in [2.45, 2.75) is 12.2 Å². The lowest BCUT2D eigenvalue weighted by atomic mass is 10.0. The Labute approximate surface area is 250 Å². The Morgan fingerprint density at radius 2 is 1.72 bits per heavy atom. The third-order valence-corrected chi connectivity index (χ3v) is 7.76. The number of thioether (sulfide) groups is 1. The molecule has 0 radical (unpaired) electrons. The van der Waals surface area contributed by atoms with Gasteiger partial charge in [-0.1, -0.05) is 60.3 Å². The molecule has 43 heavy (non-hydrogen) atoms. The number of carbonyl (C=O) groups excluding carboxylic acids is 2. The maximum Gasteiger partial charge on any atom is 0.336 e. The Balaban J connectivity index is 1.19. The molecule has 10 heteroatoms. The Bertz CT molecular complexity index is 1900. The fraction of sp³-hybridized carbons (Fsp3) is 0.0606. The average molecular weight is 589 g/mol. The highest BCUT2D eigenvalue weighted by atomic mass is 32.2. The van der Waals surface area contributed by atoms with E-state index in [0.29, 0.717) is 44.5 Å². The predicted octanol–water partition coefficient (Wildman–Crippen LogP) is 6.70. The monoisotopic (exact) mass is 588 g/mol. The molecule has 0 spiro atoms. The minimum atomic E-state index is -1.03. The first-order valence-corrected chi connectivity index (χ1v) is 14.2. The van der Waals surface area contributed by atoms with Crippen molar-refractivity contribution in [2.24, 2.45) is 4.99 Å². The van der Waals surface area contributed by atoms with Gasteiger partial charge in [0.25, 0.3) is 5.91 Å². The van der Waals surface area contributed by atoms with Gasteiger partial charge in [-0.05, 0) is 55.5 Å². The number of amides is 2. The van der Waals surface area contributed by atoms with Crippen LogP contribution in [0.3, 0.4) is 0 Å². The number of rotatable bonds is 7. The van der Waals surface area contributed by atoms with Crippen LogP contribution in [0.15, 0.2) is 118 Å². The van der Waals surface area contributed by atoms with Crippen LogP contribution >= 0.6 is 11.8 Å². The largest absolute Gasteiger partial charge is 0.478 e. The van der Waals surface area contributed by atoms with Crippen LogP contribution in [0, 0.1) is 0 Å². The Kier molecular flexibility index (Phi) is 7.59. The van der Waals surface area contributed by atoms with Gasteiger partial charge in [0.1, 0.15) is 11.5 Å². The molecule has 3 heterocycles. The van der Waals surface area contributed by atoms with E-state index in [-0.39, 0.29) is 23.1 Å². The molecule has 1 atom stereocenters. The van der Waals surface area contributed by atoms with Crippen molar-refractivity contribution < 1.29 is 23.9 Å². The van der Waals surface area contributed by atoms with Crippen molar-refractivity contribution in [2.75, 3.05) is 10.2 Å². The van der Waals surface area contributed by atoms with Gasteiger partial charge in [-0.3, -0.25) is 14.5 Å². The molecule has 6 rings (SSSR count). The fourth-order valence-electron chi connectivity index (χ4n) is 4.57. The molecule has 1 aliphatic heterocycles. The number of carboxylic acid groups (broad SMARTS) is 1. The van der Waals surface area contributed by atoms with E-state index in [9.17, 15) is 19.5 Å². The minimum Gasteiger partial charge on any atom is -0.478 e. The summed E-state index contributed by atoms with van der Waals surface area (Å²) in [7, 11) is 0. The van der Waals surface area contributed by atoms with E-state index in [1.165, 1.54) is 22.9 Å². The number of nitrogens with zero attached hydrogens (tertiary/aromatic N) is 3. The first-order valence-electron chi connectivity index (χ1n) is 13.3. The molecular weight excluding hydrogens is 564 g/mol. The zero-order chi connectivity index (χ0) is 29.9. The van der Waals surface area contributed by atoms with Gasteiger partial charge in [-0.25, -0.2) is 14.8 Å². The number of anilines is 2. The second-order valence-electron chi connectivity index (χ2n) is 9.62. The number of aromatic nitrogens is 1. The lowest BCUT2D eigenvalue weighted by Crippen LogP contribution is -2.33. The van der Waals surface area contributed by atoms with Crippen molar-refractivity contribution in [3.05, 3.63) is 120 Å². The summed E-state index contributed by atoms with van der Waals surface area (Å²) in [6, 6.07) is 28.2. The van der Waals surface area contributed by atoms with Gasteiger partial charge in [-0.2, -0.15) is 0 Å². The molecular formula is C33H24N4O5S. The molecule has 3 aromatic carbocycles. The number of hydrogen-bond donors (Lipinski definition) is 2. The number of benzene rings is 3. The molecule has 0 bridgehead atoms. The SMILES string of the molecule is CC(SC1=N/C(=C\c2ccco2)C(=O)N1c1ccccc1)C(=O)Nc1ccc(-c2cc(C(=O)O)c3ccccc3n2)cc1. The number of fused-ring (bicyclic) bond motifs is 1. The quantitative estimate of drug-likeness (QED) is 0.203. The fourth-order valence-corrected chi connectivity index (χ4v) is 5.50. The normalized spacial score (nSPS) is 14.6. The summed E-state index contributed by atoms with van der Waals surface area (Å²) in [4.78, 5) is 49.0. The molecule has 0 saturated carbocycles. The van der Waals surface area contributed by atoms with Crippen molar-refractivity contribution >= 4 is 63.1 Å². The number of carbonyl (C=O) groups is 3. The molecule has 5 aromatic rings. The Hall–Kier alpha value is -5.48. The maximum atomic E-state index is 13.3. The van der Waals surface area contributed by atoms with Crippen LogP contribution in [0.5, 0.6) is 0 Å². The maximum absolute atomic E-state index is 13.3. The number of hydrogen-bond acceptors (Lipinski definition) is 7. The third-order valence-electron chi connectivity index (χ3n) is 6.71. The molecule has 9 nitrogen and oxygen atoms in total. The summed E-state index contributed by atoms with van der Waals surface area (Å²) in [6.07, 6.45) is 3.09. The highest BCUT2D eigenvalue weighted by molar-refractivity contribution is 8.15. The molecule has 1 aliphatic rings. The predicted molar refractivity (Wildman–Crippen MR) is 168 cm³/mol. The first kappa shape index (κ1) is 27.7. The van der Waals surface area contributed by atoms with Crippen molar-refractivity contribution in [1.82, 2.24) is 4.98 Å². The summed E-state index contributed by atoms with van der Waals surface area (Å²) in [6.45, 7) is 1.74. The second kappa shape index (κ2) is 11.8. The van der Waals surface area contributed by atoms with Crippen LogP contribution < -0.4 is 10.2 Å². The van der Waals surface area contributed by atoms with Crippen molar-refractivity contribution in [3.63, 3.8) is 0 Å². The number of furan rings is 1. The highest BCUT2D eigenvalue weighted by Gasteiger charge is 2.34. The molecule has 2 N–H and O–H groups in total. The van der Waals surface area contributed by atoms with E-state index in [1.54, 1.807) is 85.8 Å². The molecule has 212 valence electrons. The zero-order valence-corrected chi connectivity index (χ0v) is 23.6. The van der Waals surface area contributed by atoms with Gasteiger partial charge < -0.3 is 14.8 Å². The summed E-state index contributed by atoms with van der Waals surface area (Å²) in [5.41, 5.74) is 3.38. The van der Waals surface area contributed by atoms with Gasteiger partial charge in [0.2, 0.25) is 5.91 Å². The van der Waals surface area contributed by atoms with E-state index in [0.717, 1.165) is 0 Å². The average Bonchev–Trinajstić information content (AvgIpc) is 3.64. The van der Waals surface area contributed by atoms with E-state index < -0.39 is 11.2 Å². The number of aromatic carboxylic acids is 1. The van der Waals surface area contributed by atoms with Crippen LogP contribution in [0.1, 0.15) is 23.0 Å². The van der Waals surface area contributed by atoms with Crippen LogP contribution in [-0.4, -0.2) is 38.3 Å². The van der Waals surface area contributed by atoms with E-state index in [2.05, 4.69) is 15.3 Å². The molecule has 1 unspecified atom stereocenters. The Morgan fingerprint density at radius 3 is 2.44 bits per heavy atom. The summed E-state index contributed by atoms with van der Waals surface area (Å²) in [5.74, 6) is -1.13. The smallest absolute Gasteiger partial charge is 0.336 e. The van der Waals surface area contributed by atoms with Gasteiger partial charge in [-0.15, -0.1) is 0 Å². The summed E-state index contributed by atoms with van der Waals surface area (Å²) < 4.78 is 5.36. The van der Waals surface area contributed by atoms with Gasteiger partial charge in [0, 0.05) is 22.7 Å². The number of aliphatic imine (C=N–C) groups is 1. The third kappa shape index (κ3) is 5.81. The van der Waals surface area contributed by atoms with Crippen molar-refractivity contribution in [3.8, 4) is 11.3 Å². The number of nitrogens with one attached hydrogen (secondary N) is 1. The summed E-state index contributed by atoms with van der Waals surface area (Å²) in [5, 5.41) is 13.0. The van der Waals surface area contributed by atoms with Gasteiger partial charge in [0.05, 0.1) is 34.0 Å². The second-order valence-corrected chi connectivity index (χ2v) is 10.9. The molecule has 0 saturated heterocycles. The lowest BCUT2D eigenvalue weighted by molar-refractivity contribution is -0.115. The van der Waals surface area contributed by atoms with Crippen LogP contribution in [0.25, 0.3) is 28.2 Å². The van der Waals surface area contributed by atoms with Gasteiger partial charge >= 0.3 is 5.97 Å². The zero-order valence-electron chi connectivity index (χ0n) is 22.8. The van der Waals surface area contributed by atoms with E-state index in [1.807, 2.05) is 24.3 Å². The first-order chi connectivity index (χ1) is 20.9. The van der Waals surface area contributed by atoms with Crippen molar-refractivity contribution in [1.29, 1.82) is 0 Å². The van der Waals surface area contributed by atoms with E-state index in [4.69, 9.17) is 4.42 Å². The summed E-state index contributed by atoms with van der Waals surface area (Å²) >= 11 is 1.17. The number of amidine groups is 1. The molecule has 2 aromatic heterocycles. The minimum absolute atomic E-state index is 0.170. The van der Waals surface area contributed by atoms with Crippen LogP contribution in [0.2, 0.25) is 0 Å². The topological polar surface area (TPSA) is 125 Å². The van der Waals surface area contributed by atoms with Crippen LogP contribution in [0.4, 0.5) is 11.4 Å². The highest BCUT2D eigenvalue weighted by Crippen LogP contribution is 2.32. The molecule has 0 aliphatic carbocycles. The molecule has 0 fully saturated rings. The number of para-hydroxylation sites is 2. The molecule has 2 amide bonds. The number of pyridine rings is 1.